The van der Waals surface area contributed by atoms with Crippen LogP contribution in [0.4, 0.5) is 33.5 Å². The average molecular weight is 541 g/mol. The number of amides is 1. The number of rotatable bonds is 9. The molecular weight excluding hydrogens is 504 g/mol. The highest BCUT2D eigenvalue weighted by Gasteiger charge is 2.22. The maximum Gasteiger partial charge on any atom is 0.414 e. The molecule has 0 unspecified atom stereocenters. The number of benzene rings is 3. The van der Waals surface area contributed by atoms with Crippen molar-refractivity contribution in [1.29, 1.82) is 0 Å². The maximum atomic E-state index is 12.7. The molecule has 0 saturated heterocycles. The third kappa shape index (κ3) is 7.19. The molecule has 1 amide bonds. The van der Waals surface area contributed by atoms with Crippen LogP contribution in [0.15, 0.2) is 85.2 Å². The quantitative estimate of drug-likeness (QED) is 0.252. The van der Waals surface area contributed by atoms with Crippen molar-refractivity contribution in [1.82, 2.24) is 9.97 Å². The molecule has 0 fully saturated rings. The van der Waals surface area contributed by atoms with Crippen LogP contribution >= 0.6 is 0 Å². The Labute approximate surface area is 235 Å². The van der Waals surface area contributed by atoms with Crippen molar-refractivity contribution in [3.8, 4) is 5.75 Å². The van der Waals surface area contributed by atoms with E-state index in [-0.39, 0.29) is 0 Å². The third-order valence-electron chi connectivity index (χ3n) is 6.09. The van der Waals surface area contributed by atoms with Crippen LogP contribution in [0, 0.1) is 0 Å². The van der Waals surface area contributed by atoms with Crippen LogP contribution < -0.4 is 25.6 Å². The SMILES string of the molecule is COc1ccc(N(C)C(=O)OC(C)(C)C)cc1Nc1ncnc(N(Cc2ccccc2)Cc2ccccc2)c1N. The van der Waals surface area contributed by atoms with E-state index in [0.29, 0.717) is 47.5 Å². The molecule has 208 valence electrons. The lowest BCUT2D eigenvalue weighted by Gasteiger charge is -2.26. The zero-order chi connectivity index (χ0) is 28.7. The summed E-state index contributed by atoms with van der Waals surface area (Å²) in [4.78, 5) is 25.2. The fourth-order valence-electron chi connectivity index (χ4n) is 4.12. The zero-order valence-electron chi connectivity index (χ0n) is 23.6. The first-order chi connectivity index (χ1) is 19.1. The van der Waals surface area contributed by atoms with Gasteiger partial charge < -0.3 is 25.4 Å². The second kappa shape index (κ2) is 12.4. The van der Waals surface area contributed by atoms with E-state index in [2.05, 4.69) is 44.5 Å². The molecule has 3 N–H and O–H groups in total. The number of hydrogen-bond acceptors (Lipinski definition) is 8. The lowest BCUT2D eigenvalue weighted by atomic mass is 10.1. The lowest BCUT2D eigenvalue weighted by Crippen LogP contribution is -2.34. The minimum Gasteiger partial charge on any atom is -0.495 e. The van der Waals surface area contributed by atoms with Crippen LogP contribution in [0.25, 0.3) is 0 Å². The van der Waals surface area contributed by atoms with E-state index in [4.69, 9.17) is 15.2 Å². The standard InChI is InChI=1S/C31H36N6O3/c1-31(2,3)40-30(38)36(4)24-16-17-26(39-5)25(18-24)35-28-27(32)29(34-21-33-28)37(19-22-12-8-6-9-13-22)20-23-14-10-7-11-15-23/h6-18,21H,19-20,32H2,1-5H3,(H,33,34,35). The number of carbonyl (C=O) groups is 1. The van der Waals surface area contributed by atoms with Gasteiger partial charge in [-0.3, -0.25) is 4.90 Å². The summed E-state index contributed by atoms with van der Waals surface area (Å²) < 4.78 is 11.1. The summed E-state index contributed by atoms with van der Waals surface area (Å²) in [5, 5.41) is 3.29. The molecule has 4 rings (SSSR count). The molecule has 9 heteroatoms. The second-order valence-corrected chi connectivity index (χ2v) is 10.3. The number of anilines is 5. The maximum absolute atomic E-state index is 12.7. The molecule has 0 aliphatic carbocycles. The van der Waals surface area contributed by atoms with Gasteiger partial charge in [0.1, 0.15) is 23.4 Å². The summed E-state index contributed by atoms with van der Waals surface area (Å²) in [5.41, 5.74) is 9.93. The Morgan fingerprint density at radius 2 is 1.52 bits per heavy atom. The second-order valence-electron chi connectivity index (χ2n) is 10.3. The number of nitrogen functional groups attached to an aromatic ring is 1. The first-order valence-corrected chi connectivity index (χ1v) is 13.0. The molecule has 0 radical (unpaired) electrons. The van der Waals surface area contributed by atoms with Crippen molar-refractivity contribution in [2.24, 2.45) is 0 Å². The Morgan fingerprint density at radius 3 is 2.08 bits per heavy atom. The number of nitrogens with zero attached hydrogens (tertiary/aromatic N) is 4. The molecule has 0 saturated carbocycles. The molecule has 1 heterocycles. The minimum atomic E-state index is -0.615. The number of aromatic nitrogens is 2. The summed E-state index contributed by atoms with van der Waals surface area (Å²) in [7, 11) is 3.23. The highest BCUT2D eigenvalue weighted by molar-refractivity contribution is 5.89. The molecule has 3 aromatic carbocycles. The predicted octanol–water partition coefficient (Wildman–Crippen LogP) is 6.39. The topological polar surface area (TPSA) is 106 Å². The summed E-state index contributed by atoms with van der Waals surface area (Å²) >= 11 is 0. The Kier molecular flexibility index (Phi) is 8.73. The van der Waals surface area contributed by atoms with Crippen molar-refractivity contribution < 1.29 is 14.3 Å². The Hall–Kier alpha value is -4.79. The van der Waals surface area contributed by atoms with Gasteiger partial charge in [-0.05, 0) is 50.1 Å². The fourth-order valence-corrected chi connectivity index (χ4v) is 4.12. The number of hydrogen-bond donors (Lipinski definition) is 2. The van der Waals surface area contributed by atoms with Crippen molar-refractivity contribution in [3.63, 3.8) is 0 Å². The fraction of sp³-hybridized carbons (Fsp3) is 0.258. The van der Waals surface area contributed by atoms with Crippen LogP contribution in [0.2, 0.25) is 0 Å². The largest absolute Gasteiger partial charge is 0.495 e. The predicted molar refractivity (Wildman–Crippen MR) is 160 cm³/mol. The highest BCUT2D eigenvalue weighted by atomic mass is 16.6. The van der Waals surface area contributed by atoms with Gasteiger partial charge in [-0.2, -0.15) is 0 Å². The molecule has 40 heavy (non-hydrogen) atoms. The van der Waals surface area contributed by atoms with Gasteiger partial charge in [0.2, 0.25) is 0 Å². The van der Waals surface area contributed by atoms with E-state index < -0.39 is 11.7 Å². The number of carbonyl (C=O) groups excluding carboxylic acids is 1. The molecule has 0 aliphatic rings. The van der Waals surface area contributed by atoms with Gasteiger partial charge in [-0.25, -0.2) is 14.8 Å². The number of methoxy groups -OCH3 is 1. The van der Waals surface area contributed by atoms with Crippen LogP contribution in [0.3, 0.4) is 0 Å². The van der Waals surface area contributed by atoms with Crippen molar-refractivity contribution in [2.75, 3.05) is 35.0 Å². The number of nitrogens with two attached hydrogens (primary N) is 1. The summed E-state index contributed by atoms with van der Waals surface area (Å²) in [6.07, 6.45) is 1.02. The first-order valence-electron chi connectivity index (χ1n) is 13.0. The Balaban J connectivity index is 1.66. The van der Waals surface area contributed by atoms with Gasteiger partial charge in [0, 0.05) is 25.8 Å². The lowest BCUT2D eigenvalue weighted by molar-refractivity contribution is 0.0589. The Morgan fingerprint density at radius 1 is 0.925 bits per heavy atom. The van der Waals surface area contributed by atoms with Gasteiger partial charge in [0.25, 0.3) is 0 Å². The Bertz CT molecular complexity index is 1380. The van der Waals surface area contributed by atoms with Gasteiger partial charge >= 0.3 is 6.09 Å². The van der Waals surface area contributed by atoms with E-state index in [1.54, 1.807) is 32.4 Å². The summed E-state index contributed by atoms with van der Waals surface area (Å²) in [5.74, 6) is 1.59. The van der Waals surface area contributed by atoms with E-state index in [1.165, 1.54) is 11.2 Å². The summed E-state index contributed by atoms with van der Waals surface area (Å²) in [6, 6.07) is 25.7. The number of nitrogens with one attached hydrogen (secondary N) is 1. The van der Waals surface area contributed by atoms with E-state index in [9.17, 15) is 4.79 Å². The molecule has 0 spiro atoms. The van der Waals surface area contributed by atoms with Crippen LogP contribution in [0.1, 0.15) is 31.9 Å². The molecule has 4 aromatic rings. The molecule has 0 atom stereocenters. The molecule has 0 bridgehead atoms. The monoisotopic (exact) mass is 540 g/mol. The van der Waals surface area contributed by atoms with Gasteiger partial charge in [-0.1, -0.05) is 60.7 Å². The van der Waals surface area contributed by atoms with E-state index >= 15 is 0 Å². The smallest absolute Gasteiger partial charge is 0.414 e. The van der Waals surface area contributed by atoms with Crippen molar-refractivity contribution >= 4 is 34.8 Å². The third-order valence-corrected chi connectivity index (χ3v) is 6.09. The van der Waals surface area contributed by atoms with Crippen LogP contribution in [-0.2, 0) is 17.8 Å². The van der Waals surface area contributed by atoms with Gasteiger partial charge in [0.05, 0.1) is 12.8 Å². The molecule has 1 aromatic heterocycles. The normalized spacial score (nSPS) is 11.0. The molecule has 9 nitrogen and oxygen atoms in total. The number of ether oxygens (including phenoxy) is 2. The van der Waals surface area contributed by atoms with E-state index in [1.807, 2.05) is 57.2 Å². The van der Waals surface area contributed by atoms with E-state index in [0.717, 1.165) is 11.1 Å². The van der Waals surface area contributed by atoms with Crippen molar-refractivity contribution in [2.45, 2.75) is 39.5 Å². The molecule has 0 aliphatic heterocycles. The highest BCUT2D eigenvalue weighted by Crippen LogP contribution is 2.36. The van der Waals surface area contributed by atoms with Crippen molar-refractivity contribution in [3.05, 3.63) is 96.3 Å². The average Bonchev–Trinajstić information content (AvgIpc) is 2.93. The van der Waals surface area contributed by atoms with Crippen LogP contribution in [0.5, 0.6) is 5.75 Å². The van der Waals surface area contributed by atoms with Crippen LogP contribution in [-0.4, -0.2) is 35.8 Å². The zero-order valence-corrected chi connectivity index (χ0v) is 23.6. The molecular formula is C31H36N6O3. The minimum absolute atomic E-state index is 0.391. The van der Waals surface area contributed by atoms with Gasteiger partial charge in [0.15, 0.2) is 11.6 Å². The first kappa shape index (κ1) is 28.2. The summed E-state index contributed by atoms with van der Waals surface area (Å²) in [6.45, 7) is 6.70. The van der Waals surface area contributed by atoms with Gasteiger partial charge in [-0.15, -0.1) is 0 Å².